The SMILES string of the molecule is CC(C)(C)NC[C@H](O)c1ccc(O)c(CO)c1.CCOc1cc(OCC)c(C(=O)CCC(=O)O)cc1OCC. The van der Waals surface area contributed by atoms with Crippen molar-refractivity contribution in [3.8, 4) is 23.0 Å². The van der Waals surface area contributed by atoms with Gasteiger partial charge in [0.05, 0.1) is 44.5 Å². The van der Waals surface area contributed by atoms with E-state index < -0.39 is 12.1 Å². The van der Waals surface area contributed by atoms with E-state index in [0.717, 1.165) is 0 Å². The highest BCUT2D eigenvalue weighted by Gasteiger charge is 2.19. The van der Waals surface area contributed by atoms with Crippen LogP contribution in [0.4, 0.5) is 0 Å². The number of carbonyl (C=O) groups is 2. The number of Topliss-reactive ketones (excluding diaryl/α,β-unsaturated/α-hetero) is 1. The Morgan fingerprint density at radius 3 is 1.97 bits per heavy atom. The van der Waals surface area contributed by atoms with Crippen molar-refractivity contribution < 1.29 is 44.2 Å². The maximum absolute atomic E-state index is 12.2. The third kappa shape index (κ3) is 11.9. The van der Waals surface area contributed by atoms with Crippen molar-refractivity contribution in [1.82, 2.24) is 5.32 Å². The smallest absolute Gasteiger partial charge is 0.303 e. The fraction of sp³-hybridized carbons (Fsp3) is 0.517. The van der Waals surface area contributed by atoms with Gasteiger partial charge in [-0.1, -0.05) is 6.07 Å². The number of aromatic hydroxyl groups is 1. The summed E-state index contributed by atoms with van der Waals surface area (Å²) >= 11 is 0. The van der Waals surface area contributed by atoms with Crippen LogP contribution in [0.2, 0.25) is 0 Å². The zero-order valence-electron chi connectivity index (χ0n) is 23.7. The Hall–Kier alpha value is -3.34. The lowest BCUT2D eigenvalue weighted by Gasteiger charge is -2.23. The standard InChI is InChI=1S/C16H22O6.C13H21NO3/c1-4-20-13-10-15(22-6-3)14(21-5-2)9-11(13)12(17)7-8-16(18)19;1-13(2,3)14-7-12(17)9-4-5-11(16)10(6-9)8-15/h9-10H,4-8H2,1-3H3,(H,18,19);4-6,12,14-17H,7-8H2,1-3H3/t;12-/m.0/s1. The van der Waals surface area contributed by atoms with Crippen LogP contribution in [0, 0.1) is 0 Å². The van der Waals surface area contributed by atoms with Gasteiger partial charge >= 0.3 is 5.97 Å². The van der Waals surface area contributed by atoms with Gasteiger partial charge in [-0.2, -0.15) is 0 Å². The highest BCUT2D eigenvalue weighted by molar-refractivity contribution is 6.00. The van der Waals surface area contributed by atoms with E-state index in [1.54, 1.807) is 24.3 Å². The van der Waals surface area contributed by atoms with Crippen molar-refractivity contribution in [2.24, 2.45) is 0 Å². The average molecular weight is 550 g/mol. The molecule has 0 fully saturated rings. The average Bonchev–Trinajstić information content (AvgIpc) is 2.88. The molecule has 5 N–H and O–H groups in total. The van der Waals surface area contributed by atoms with Crippen molar-refractivity contribution in [3.05, 3.63) is 47.0 Å². The molecule has 39 heavy (non-hydrogen) atoms. The molecule has 10 heteroatoms. The van der Waals surface area contributed by atoms with Gasteiger partial charge in [-0.05, 0) is 65.3 Å². The summed E-state index contributed by atoms with van der Waals surface area (Å²) in [6.45, 7) is 13.0. The first-order chi connectivity index (χ1) is 18.4. The second-order valence-corrected chi connectivity index (χ2v) is 9.60. The molecule has 0 aliphatic rings. The number of benzene rings is 2. The Bertz CT molecular complexity index is 1060. The molecule has 218 valence electrons. The van der Waals surface area contributed by atoms with Gasteiger partial charge in [0, 0.05) is 30.1 Å². The van der Waals surface area contributed by atoms with Gasteiger partial charge in [-0.15, -0.1) is 0 Å². The van der Waals surface area contributed by atoms with Gasteiger partial charge in [0.25, 0.3) is 0 Å². The molecule has 0 bridgehead atoms. The van der Waals surface area contributed by atoms with Gasteiger partial charge < -0.3 is 40.0 Å². The van der Waals surface area contributed by atoms with Crippen LogP contribution in [0.15, 0.2) is 30.3 Å². The topological polar surface area (TPSA) is 155 Å². The van der Waals surface area contributed by atoms with E-state index in [2.05, 4.69) is 5.32 Å². The molecule has 0 saturated heterocycles. The van der Waals surface area contributed by atoms with Crippen molar-refractivity contribution in [2.45, 2.75) is 72.6 Å². The summed E-state index contributed by atoms with van der Waals surface area (Å²) in [6.07, 6.45) is -0.962. The number of aliphatic hydroxyl groups excluding tert-OH is 2. The number of carboxylic acid groups (broad SMARTS) is 1. The Labute approximate surface area is 230 Å². The Morgan fingerprint density at radius 1 is 0.897 bits per heavy atom. The molecular formula is C29H43NO9. The highest BCUT2D eigenvalue weighted by atomic mass is 16.5. The number of phenols is 1. The van der Waals surface area contributed by atoms with E-state index in [-0.39, 0.29) is 36.5 Å². The molecule has 0 unspecified atom stereocenters. The van der Waals surface area contributed by atoms with Crippen LogP contribution < -0.4 is 19.5 Å². The predicted molar refractivity (Wildman–Crippen MR) is 148 cm³/mol. The van der Waals surface area contributed by atoms with E-state index in [9.17, 15) is 19.8 Å². The second kappa shape index (κ2) is 16.6. The number of β-amino-alcohol motifs (C(OH)–C–C–N with tert-alkyl or cyclic N) is 1. The van der Waals surface area contributed by atoms with Crippen LogP contribution in [0.5, 0.6) is 23.0 Å². The Balaban J connectivity index is 0.000000403. The van der Waals surface area contributed by atoms with E-state index in [1.807, 2.05) is 41.5 Å². The quantitative estimate of drug-likeness (QED) is 0.216. The summed E-state index contributed by atoms with van der Waals surface area (Å²) < 4.78 is 16.5. The number of carboxylic acids is 1. The molecule has 10 nitrogen and oxygen atoms in total. The first-order valence-electron chi connectivity index (χ1n) is 13.0. The minimum Gasteiger partial charge on any atom is -0.508 e. The lowest BCUT2D eigenvalue weighted by Crippen LogP contribution is -2.38. The highest BCUT2D eigenvalue weighted by Crippen LogP contribution is 2.36. The Kier molecular flexibility index (Phi) is 14.3. The minimum atomic E-state index is -1.01. The largest absolute Gasteiger partial charge is 0.508 e. The number of aliphatic carboxylic acids is 1. The fourth-order valence-corrected chi connectivity index (χ4v) is 3.39. The molecule has 0 saturated carbocycles. The van der Waals surface area contributed by atoms with Crippen LogP contribution in [0.1, 0.15) is 82.0 Å². The number of hydrogen-bond donors (Lipinski definition) is 5. The van der Waals surface area contributed by atoms with E-state index >= 15 is 0 Å². The number of nitrogens with one attached hydrogen (secondary N) is 1. The summed E-state index contributed by atoms with van der Waals surface area (Å²) in [5, 5.41) is 40.3. The normalized spacial score (nSPS) is 11.7. The van der Waals surface area contributed by atoms with E-state index in [0.29, 0.717) is 60.3 Å². The van der Waals surface area contributed by atoms with Crippen LogP contribution in [-0.2, 0) is 11.4 Å². The van der Waals surface area contributed by atoms with Gasteiger partial charge in [-0.25, -0.2) is 0 Å². The van der Waals surface area contributed by atoms with Crippen LogP contribution in [-0.4, -0.2) is 64.1 Å². The first kappa shape index (κ1) is 33.7. The monoisotopic (exact) mass is 549 g/mol. The molecule has 2 aromatic rings. The van der Waals surface area contributed by atoms with Gasteiger partial charge in [0.1, 0.15) is 11.5 Å². The Morgan fingerprint density at radius 2 is 1.46 bits per heavy atom. The molecule has 2 aromatic carbocycles. The summed E-state index contributed by atoms with van der Waals surface area (Å²) in [7, 11) is 0. The summed E-state index contributed by atoms with van der Waals surface area (Å²) in [5.74, 6) is 0.0724. The minimum absolute atomic E-state index is 0.0484. The lowest BCUT2D eigenvalue weighted by atomic mass is 10.0. The van der Waals surface area contributed by atoms with Gasteiger partial charge in [0.2, 0.25) is 0 Å². The number of rotatable bonds is 14. The zero-order valence-corrected chi connectivity index (χ0v) is 23.7. The molecule has 0 aromatic heterocycles. The molecule has 0 heterocycles. The van der Waals surface area contributed by atoms with E-state index in [4.69, 9.17) is 24.4 Å². The van der Waals surface area contributed by atoms with Gasteiger partial charge in [-0.3, -0.25) is 9.59 Å². The molecule has 0 radical (unpaired) electrons. The third-order valence-electron chi connectivity index (χ3n) is 5.30. The van der Waals surface area contributed by atoms with Crippen molar-refractivity contribution in [1.29, 1.82) is 0 Å². The number of ether oxygens (including phenoxy) is 3. The van der Waals surface area contributed by atoms with E-state index in [1.165, 1.54) is 6.07 Å². The summed E-state index contributed by atoms with van der Waals surface area (Å²) in [5.41, 5.74) is 1.37. The number of ketones is 1. The number of aliphatic hydroxyl groups is 2. The van der Waals surface area contributed by atoms with Crippen LogP contribution in [0.25, 0.3) is 0 Å². The van der Waals surface area contributed by atoms with Crippen molar-refractivity contribution >= 4 is 11.8 Å². The molecule has 0 spiro atoms. The molecule has 0 amide bonds. The maximum Gasteiger partial charge on any atom is 0.303 e. The molecule has 0 aliphatic carbocycles. The lowest BCUT2D eigenvalue weighted by molar-refractivity contribution is -0.136. The summed E-state index contributed by atoms with van der Waals surface area (Å²) in [4.78, 5) is 22.9. The molecule has 1 atom stereocenters. The number of carbonyl (C=O) groups excluding carboxylic acids is 1. The van der Waals surface area contributed by atoms with Gasteiger partial charge in [0.15, 0.2) is 17.3 Å². The fourth-order valence-electron chi connectivity index (χ4n) is 3.39. The van der Waals surface area contributed by atoms with Crippen molar-refractivity contribution in [3.63, 3.8) is 0 Å². The number of hydrogen-bond acceptors (Lipinski definition) is 9. The third-order valence-corrected chi connectivity index (χ3v) is 5.30. The second-order valence-electron chi connectivity index (χ2n) is 9.60. The molecule has 2 rings (SSSR count). The van der Waals surface area contributed by atoms with Crippen LogP contribution in [0.3, 0.4) is 0 Å². The predicted octanol–water partition coefficient (Wildman–Crippen LogP) is 4.24. The molecular weight excluding hydrogens is 506 g/mol. The summed E-state index contributed by atoms with van der Waals surface area (Å²) in [6, 6.07) is 7.94. The molecule has 0 aliphatic heterocycles. The maximum atomic E-state index is 12.2. The van der Waals surface area contributed by atoms with Crippen LogP contribution >= 0.6 is 0 Å². The zero-order chi connectivity index (χ0) is 29.6. The van der Waals surface area contributed by atoms with Crippen molar-refractivity contribution in [2.75, 3.05) is 26.4 Å². The first-order valence-corrected chi connectivity index (χ1v) is 13.0.